The fraction of sp³-hybridized carbons (Fsp3) is 0.406. The second kappa shape index (κ2) is 14.4. The minimum absolute atomic E-state index is 0.0260. The lowest BCUT2D eigenvalue weighted by atomic mass is 9.87. The van der Waals surface area contributed by atoms with Gasteiger partial charge in [-0.3, -0.25) is 9.36 Å². The molecule has 2 aliphatic carbocycles. The van der Waals surface area contributed by atoms with Gasteiger partial charge in [0, 0.05) is 30.0 Å². The van der Waals surface area contributed by atoms with E-state index in [1.165, 1.54) is 28.9 Å². The maximum Gasteiger partial charge on any atom is 0.265 e. The third-order valence-electron chi connectivity index (χ3n) is 7.27. The molecule has 0 aliphatic heterocycles. The van der Waals surface area contributed by atoms with Crippen LogP contribution in [0.2, 0.25) is 0 Å². The molecule has 2 heterocycles. The maximum absolute atomic E-state index is 13.8. The first-order valence-electron chi connectivity index (χ1n) is 14.1. The SMILES string of the molecule is C=C(/C=C\C(F)=C/C)n1c(CCCCC(O)O)nc2c(c1=O)=CC(C)C(c1cc(COC[C@H]3C=C(F)C=CC3)on1)C=2. The fourth-order valence-corrected chi connectivity index (χ4v) is 5.03. The fourth-order valence-electron chi connectivity index (χ4n) is 5.03. The maximum atomic E-state index is 13.8. The number of ether oxygens (including phenoxy) is 1. The molecule has 0 radical (unpaired) electrons. The Bertz CT molecular complexity index is 1580. The van der Waals surface area contributed by atoms with Crippen LogP contribution in [0.3, 0.4) is 0 Å². The molecule has 0 amide bonds. The van der Waals surface area contributed by atoms with Crippen molar-refractivity contribution in [2.75, 3.05) is 6.61 Å². The molecule has 0 fully saturated rings. The van der Waals surface area contributed by atoms with Crippen molar-refractivity contribution in [1.82, 2.24) is 14.7 Å². The number of aliphatic hydroxyl groups is 2. The molecule has 2 aliphatic rings. The lowest BCUT2D eigenvalue weighted by Crippen LogP contribution is -2.50. The Morgan fingerprint density at radius 1 is 1.29 bits per heavy atom. The molecule has 8 nitrogen and oxygen atoms in total. The van der Waals surface area contributed by atoms with E-state index in [9.17, 15) is 23.8 Å². The van der Waals surface area contributed by atoms with Crippen LogP contribution < -0.4 is 16.1 Å². The Labute approximate surface area is 243 Å². The van der Waals surface area contributed by atoms with Gasteiger partial charge in [-0.15, -0.1) is 0 Å². The molecule has 2 aromatic rings. The Hall–Kier alpha value is -3.73. The number of allylic oxidation sites excluding steroid dienone is 8. The van der Waals surface area contributed by atoms with E-state index in [-0.39, 0.29) is 47.9 Å². The van der Waals surface area contributed by atoms with Crippen LogP contribution >= 0.6 is 0 Å². The molecule has 0 saturated heterocycles. The molecule has 0 aromatic carbocycles. The van der Waals surface area contributed by atoms with E-state index in [1.807, 2.05) is 25.1 Å². The van der Waals surface area contributed by atoms with Crippen molar-refractivity contribution in [3.63, 3.8) is 0 Å². The second-order valence-electron chi connectivity index (χ2n) is 10.6. The van der Waals surface area contributed by atoms with Gasteiger partial charge in [-0.2, -0.15) is 0 Å². The van der Waals surface area contributed by atoms with Gasteiger partial charge in [0.25, 0.3) is 5.56 Å². The second-order valence-corrected chi connectivity index (χ2v) is 10.6. The molecule has 10 heteroatoms. The number of hydrogen-bond acceptors (Lipinski definition) is 7. The third kappa shape index (κ3) is 7.96. The first kappa shape index (κ1) is 31.2. The van der Waals surface area contributed by atoms with Gasteiger partial charge in [-0.05, 0) is 68.9 Å². The van der Waals surface area contributed by atoms with E-state index in [2.05, 4.69) is 11.7 Å². The number of aromatic nitrogens is 3. The number of nitrogens with zero attached hydrogens (tertiary/aromatic N) is 3. The normalized spacial score (nSPS) is 20.4. The van der Waals surface area contributed by atoms with Gasteiger partial charge in [-0.1, -0.05) is 36.9 Å². The number of fused-ring (bicyclic) bond motifs is 1. The molecule has 2 aromatic heterocycles. The summed E-state index contributed by atoms with van der Waals surface area (Å²) < 4.78 is 39.8. The molecule has 0 saturated carbocycles. The molecule has 224 valence electrons. The summed E-state index contributed by atoms with van der Waals surface area (Å²) in [6, 6.07) is 1.82. The quantitative estimate of drug-likeness (QED) is 0.208. The van der Waals surface area contributed by atoms with Crippen molar-refractivity contribution in [3.8, 4) is 0 Å². The van der Waals surface area contributed by atoms with Crippen LogP contribution in [-0.2, 0) is 17.8 Å². The van der Waals surface area contributed by atoms with Crippen LogP contribution in [0.4, 0.5) is 8.78 Å². The molecule has 0 bridgehead atoms. The predicted octanol–water partition coefficient (Wildman–Crippen LogP) is 4.10. The molecule has 2 N–H and O–H groups in total. The van der Waals surface area contributed by atoms with Gasteiger partial charge in [0.2, 0.25) is 0 Å². The van der Waals surface area contributed by atoms with Crippen molar-refractivity contribution in [2.24, 2.45) is 11.8 Å². The van der Waals surface area contributed by atoms with E-state index in [0.29, 0.717) is 53.7 Å². The topological polar surface area (TPSA) is 111 Å². The minimum atomic E-state index is -1.41. The molecule has 3 atom stereocenters. The Morgan fingerprint density at radius 3 is 2.83 bits per heavy atom. The van der Waals surface area contributed by atoms with Crippen LogP contribution in [0.25, 0.3) is 17.8 Å². The summed E-state index contributed by atoms with van der Waals surface area (Å²) in [6.45, 7) is 8.08. The van der Waals surface area contributed by atoms with Gasteiger partial charge >= 0.3 is 0 Å². The summed E-state index contributed by atoms with van der Waals surface area (Å²) in [4.78, 5) is 18.5. The van der Waals surface area contributed by atoms with Crippen molar-refractivity contribution in [3.05, 3.63) is 99.0 Å². The average molecular weight is 582 g/mol. The lowest BCUT2D eigenvalue weighted by molar-refractivity contribution is -0.0465. The Kier molecular flexibility index (Phi) is 10.7. The molecular weight excluding hydrogens is 544 g/mol. The Morgan fingerprint density at radius 2 is 2.10 bits per heavy atom. The van der Waals surface area contributed by atoms with Crippen molar-refractivity contribution < 1.29 is 28.3 Å². The van der Waals surface area contributed by atoms with Crippen LogP contribution in [0, 0.1) is 11.8 Å². The first-order chi connectivity index (χ1) is 20.2. The number of hydrogen-bond donors (Lipinski definition) is 2. The average Bonchev–Trinajstić information content (AvgIpc) is 3.42. The number of rotatable bonds is 13. The molecule has 42 heavy (non-hydrogen) atoms. The zero-order chi connectivity index (χ0) is 30.2. The highest BCUT2D eigenvalue weighted by Gasteiger charge is 2.24. The van der Waals surface area contributed by atoms with E-state index in [1.54, 1.807) is 19.1 Å². The summed E-state index contributed by atoms with van der Waals surface area (Å²) in [5.41, 5.74) is 0.635. The summed E-state index contributed by atoms with van der Waals surface area (Å²) in [7, 11) is 0. The summed E-state index contributed by atoms with van der Waals surface area (Å²) in [5, 5.41) is 23.6. The standard InChI is InChI=1S/C32H37F2N3O5/c1-4-23(33)13-12-21(3)37-30(10-5-6-11-31(38)39)35-28-17-26(20(2)14-27(28)32(37)40)29-16-25(42-36-29)19-41-18-22-8-7-9-24(34)15-22/h4,7,9,12-17,20,22,26,31,38-39H,3,5-6,8,10-11,18-19H2,1-2H3/b13-12-,23-4+/t20?,22-,26?/m1/s1. The van der Waals surface area contributed by atoms with Gasteiger partial charge in [0.15, 0.2) is 12.1 Å². The van der Waals surface area contributed by atoms with Crippen LogP contribution in [0.15, 0.2) is 70.1 Å². The number of aryl methyl sites for hydroxylation is 1. The smallest absolute Gasteiger partial charge is 0.265 e. The third-order valence-corrected chi connectivity index (χ3v) is 7.27. The molecular formula is C32H37F2N3O5. The highest BCUT2D eigenvalue weighted by atomic mass is 19.1. The van der Waals surface area contributed by atoms with E-state index < -0.39 is 12.1 Å². The lowest BCUT2D eigenvalue weighted by Gasteiger charge is -2.20. The molecule has 2 unspecified atom stereocenters. The van der Waals surface area contributed by atoms with Crippen molar-refractivity contribution in [2.45, 2.75) is 64.8 Å². The van der Waals surface area contributed by atoms with Crippen LogP contribution in [0.5, 0.6) is 0 Å². The van der Waals surface area contributed by atoms with Crippen molar-refractivity contribution >= 4 is 17.8 Å². The number of halogens is 2. The van der Waals surface area contributed by atoms with E-state index >= 15 is 0 Å². The molecule has 4 rings (SSSR count). The number of aliphatic hydroxyl groups excluding tert-OH is 1. The highest BCUT2D eigenvalue weighted by Crippen LogP contribution is 2.28. The summed E-state index contributed by atoms with van der Waals surface area (Å²) in [5.74, 6) is -0.0759. The van der Waals surface area contributed by atoms with Gasteiger partial charge in [-0.25, -0.2) is 13.8 Å². The minimum Gasteiger partial charge on any atom is -0.373 e. The molecule has 0 spiro atoms. The van der Waals surface area contributed by atoms with Crippen LogP contribution in [0.1, 0.15) is 62.7 Å². The van der Waals surface area contributed by atoms with E-state index in [4.69, 9.17) is 14.2 Å². The summed E-state index contributed by atoms with van der Waals surface area (Å²) >= 11 is 0. The van der Waals surface area contributed by atoms with Gasteiger partial charge < -0.3 is 19.5 Å². The van der Waals surface area contributed by atoms with E-state index in [0.717, 1.165) is 6.42 Å². The monoisotopic (exact) mass is 581 g/mol. The zero-order valence-corrected chi connectivity index (χ0v) is 23.9. The highest BCUT2D eigenvalue weighted by molar-refractivity contribution is 5.57. The van der Waals surface area contributed by atoms with Gasteiger partial charge in [0.05, 0.1) is 22.9 Å². The van der Waals surface area contributed by atoms with Crippen molar-refractivity contribution in [1.29, 1.82) is 0 Å². The summed E-state index contributed by atoms with van der Waals surface area (Å²) in [6.07, 6.45) is 13.5. The van der Waals surface area contributed by atoms with Gasteiger partial charge in [0.1, 0.15) is 24.1 Å². The largest absolute Gasteiger partial charge is 0.373 e. The Balaban J connectivity index is 1.59. The number of unbranched alkanes of at least 4 members (excludes halogenated alkanes) is 1. The predicted molar refractivity (Wildman–Crippen MR) is 156 cm³/mol. The first-order valence-corrected chi connectivity index (χ1v) is 14.1. The van der Waals surface area contributed by atoms with Crippen LogP contribution in [-0.4, -0.2) is 37.8 Å². The zero-order valence-electron chi connectivity index (χ0n) is 23.9.